The predicted molar refractivity (Wildman–Crippen MR) is 246 cm³/mol. The molecule has 0 aliphatic carbocycles. The number of hydrogen-bond acceptors (Lipinski definition) is 10. The summed E-state index contributed by atoms with van der Waals surface area (Å²) in [7, 11) is 1.42. The van der Waals surface area contributed by atoms with E-state index in [4.69, 9.17) is 4.99 Å². The van der Waals surface area contributed by atoms with E-state index in [-0.39, 0.29) is 47.3 Å². The Labute approximate surface area is 377 Å². The zero-order valence-electron chi connectivity index (χ0n) is 37.5. The molecule has 4 saturated heterocycles. The molecule has 0 bridgehead atoms. The smallest absolute Gasteiger partial charge is 0.255 e. The van der Waals surface area contributed by atoms with Crippen LogP contribution in [0.25, 0.3) is 16.7 Å². The molecule has 2 aromatic carbocycles. The number of aromatic nitrogens is 2. The lowest BCUT2D eigenvalue weighted by molar-refractivity contribution is -0.136. The van der Waals surface area contributed by atoms with Crippen molar-refractivity contribution in [3.05, 3.63) is 76.9 Å². The minimum Gasteiger partial charge on any atom is -0.369 e. The van der Waals surface area contributed by atoms with Gasteiger partial charge in [0, 0.05) is 68.6 Å². The standard InChI is InChI=1S/C47H60F3N9O4S/c1-7-37(48)44(32-22-39(50)45-42(23-32)59(28(2)3)30(5)53-45)52-29(4)51-34-12-20-58(21-13-34)64-35-14-16-56(17-15-35)26-31-10-18-57(19-11-31)41-24-33(27-60)36(25-38(41)49)47(63)55(6)40-8-9-43(61)54-46(40)62/h7,22-25,27-28,31,34-35,40H,1,8-21,26H2,2-6H3,(H,51,52)(H,54,61,62)/b44-37+. The van der Waals surface area contributed by atoms with Gasteiger partial charge in [0.1, 0.15) is 29.0 Å². The third-order valence-corrected chi connectivity index (χ3v) is 14.5. The molecule has 4 fully saturated rings. The number of carbonyl (C=O) groups is 4. The molecule has 0 spiro atoms. The normalized spacial score (nSPS) is 20.7. The maximum atomic E-state index is 15.6. The summed E-state index contributed by atoms with van der Waals surface area (Å²) in [6.07, 6.45) is 7.64. The molecule has 13 nitrogen and oxygen atoms in total. The Kier molecular flexibility index (Phi) is 15.0. The Morgan fingerprint density at radius 1 is 1.02 bits per heavy atom. The van der Waals surface area contributed by atoms with Crippen molar-refractivity contribution in [1.82, 2.24) is 34.3 Å². The van der Waals surface area contributed by atoms with Gasteiger partial charge in [-0.1, -0.05) is 18.5 Å². The van der Waals surface area contributed by atoms with Crippen molar-refractivity contribution in [2.75, 3.05) is 57.8 Å². The molecule has 1 atom stereocenters. The summed E-state index contributed by atoms with van der Waals surface area (Å²) in [5.74, 6) is -1.62. The number of imidazole rings is 1. The maximum Gasteiger partial charge on any atom is 0.255 e. The average Bonchev–Trinajstić information content (AvgIpc) is 3.62. The van der Waals surface area contributed by atoms with Gasteiger partial charge in [0.25, 0.3) is 5.91 Å². The number of anilines is 1. The van der Waals surface area contributed by atoms with Crippen LogP contribution in [-0.4, -0.2) is 124 Å². The number of halogens is 3. The molecule has 1 aromatic heterocycles. The molecule has 1 unspecified atom stereocenters. The van der Waals surface area contributed by atoms with Crippen LogP contribution < -0.4 is 15.5 Å². The van der Waals surface area contributed by atoms with Gasteiger partial charge in [-0.05, 0) is 122 Å². The predicted octanol–water partition coefficient (Wildman–Crippen LogP) is 7.22. The van der Waals surface area contributed by atoms with Crippen molar-refractivity contribution in [3.8, 4) is 0 Å². The first-order valence-electron chi connectivity index (χ1n) is 22.4. The topological polar surface area (TPSA) is 135 Å². The van der Waals surface area contributed by atoms with E-state index >= 15 is 13.2 Å². The Morgan fingerprint density at radius 3 is 2.36 bits per heavy atom. The van der Waals surface area contributed by atoms with Gasteiger partial charge in [-0.25, -0.2) is 18.2 Å². The van der Waals surface area contributed by atoms with Crippen LogP contribution in [0.15, 0.2) is 47.7 Å². The molecule has 3 amide bonds. The van der Waals surface area contributed by atoms with Gasteiger partial charge >= 0.3 is 0 Å². The molecule has 0 saturated carbocycles. The molecule has 5 heterocycles. The van der Waals surface area contributed by atoms with E-state index in [1.54, 1.807) is 6.07 Å². The summed E-state index contributed by atoms with van der Waals surface area (Å²) in [4.78, 5) is 64.3. The number of amidine groups is 1. The fraction of sp³-hybridized carbons (Fsp3) is 0.532. The first-order chi connectivity index (χ1) is 30.6. The van der Waals surface area contributed by atoms with Crippen LogP contribution in [0.5, 0.6) is 0 Å². The van der Waals surface area contributed by atoms with Gasteiger partial charge in [-0.3, -0.25) is 33.8 Å². The molecular formula is C47H60F3N9O4S. The van der Waals surface area contributed by atoms with Crippen LogP contribution in [0.4, 0.5) is 18.9 Å². The number of rotatable bonds is 13. The van der Waals surface area contributed by atoms with Crippen molar-refractivity contribution >= 4 is 64.2 Å². The number of aldehydes is 1. The second-order valence-electron chi connectivity index (χ2n) is 17.8. The summed E-state index contributed by atoms with van der Waals surface area (Å²) in [5, 5.41) is 5.90. The lowest BCUT2D eigenvalue weighted by atomic mass is 9.94. The van der Waals surface area contributed by atoms with Crippen LogP contribution in [0.2, 0.25) is 0 Å². The van der Waals surface area contributed by atoms with Gasteiger partial charge < -0.3 is 24.6 Å². The zero-order chi connectivity index (χ0) is 45.8. The number of hydrogen-bond donors (Lipinski definition) is 2. The SMILES string of the molecule is C=C/C(F)=C(\NC(C)=NC1CCN(SC2CCN(CC3CCN(c4cc(C=O)c(C(=O)N(C)C5CCC(=O)NC5=O)cc4F)CC3)CC2)CC1)c1cc(F)c2nc(C)n(C(C)C)c2c1. The quantitative estimate of drug-likeness (QED) is 0.0453. The van der Waals surface area contributed by atoms with E-state index in [0.717, 1.165) is 83.4 Å². The number of benzene rings is 2. The van der Waals surface area contributed by atoms with E-state index in [9.17, 15) is 19.2 Å². The summed E-state index contributed by atoms with van der Waals surface area (Å²) in [5.41, 5.74) is 1.59. The lowest BCUT2D eigenvalue weighted by Crippen LogP contribution is -2.53. The van der Waals surface area contributed by atoms with E-state index in [2.05, 4.69) is 31.4 Å². The number of likely N-dealkylation sites (N-methyl/N-ethyl adjacent to an activating group) is 1. The van der Waals surface area contributed by atoms with Crippen molar-refractivity contribution < 1.29 is 32.3 Å². The molecular weight excluding hydrogens is 844 g/mol. The molecule has 344 valence electrons. The number of allylic oxidation sites excluding steroid dienone is 2. The van der Waals surface area contributed by atoms with Crippen LogP contribution in [0.1, 0.15) is 110 Å². The first-order valence-corrected chi connectivity index (χ1v) is 23.3. The number of aliphatic imine (C=N–C) groups is 1. The summed E-state index contributed by atoms with van der Waals surface area (Å²) in [6.45, 7) is 17.4. The highest BCUT2D eigenvalue weighted by Gasteiger charge is 2.35. The molecule has 7 rings (SSSR count). The number of fused-ring (bicyclic) bond motifs is 1. The molecule has 64 heavy (non-hydrogen) atoms. The lowest BCUT2D eigenvalue weighted by Gasteiger charge is -2.39. The Bertz CT molecular complexity index is 2330. The highest BCUT2D eigenvalue weighted by Crippen LogP contribution is 2.34. The Morgan fingerprint density at radius 2 is 1.72 bits per heavy atom. The van der Waals surface area contributed by atoms with Crippen LogP contribution in [-0.2, 0) is 9.59 Å². The second-order valence-corrected chi connectivity index (χ2v) is 19.2. The molecule has 4 aliphatic rings. The first kappa shape index (κ1) is 47.0. The highest BCUT2D eigenvalue weighted by atomic mass is 32.2. The largest absolute Gasteiger partial charge is 0.369 e. The van der Waals surface area contributed by atoms with E-state index in [1.165, 1.54) is 24.1 Å². The summed E-state index contributed by atoms with van der Waals surface area (Å²) >= 11 is 1.96. The molecule has 0 radical (unpaired) electrons. The third-order valence-electron chi connectivity index (χ3n) is 13.0. The fourth-order valence-electron chi connectivity index (χ4n) is 9.62. The minimum absolute atomic E-state index is 0.0489. The number of nitrogens with one attached hydrogen (secondary N) is 2. The fourth-order valence-corrected chi connectivity index (χ4v) is 10.9. The molecule has 4 aliphatic heterocycles. The summed E-state index contributed by atoms with van der Waals surface area (Å²) in [6, 6.07) is 4.85. The molecule has 3 aromatic rings. The monoisotopic (exact) mass is 903 g/mol. The minimum atomic E-state index is -0.883. The van der Waals surface area contributed by atoms with E-state index in [0.29, 0.717) is 59.0 Å². The van der Waals surface area contributed by atoms with Crippen LogP contribution >= 0.6 is 11.9 Å². The average molecular weight is 904 g/mol. The van der Waals surface area contributed by atoms with Crippen molar-refractivity contribution in [1.29, 1.82) is 0 Å². The Balaban J connectivity index is 0.846. The van der Waals surface area contributed by atoms with Crippen LogP contribution in [0, 0.1) is 24.5 Å². The second kappa shape index (κ2) is 20.4. The number of aryl methyl sites for hydroxylation is 1. The zero-order valence-corrected chi connectivity index (χ0v) is 38.3. The van der Waals surface area contributed by atoms with Gasteiger partial charge in [0.2, 0.25) is 11.8 Å². The van der Waals surface area contributed by atoms with Crippen molar-refractivity contribution in [2.24, 2.45) is 10.9 Å². The number of likely N-dealkylation sites (tertiary alicyclic amines) is 1. The van der Waals surface area contributed by atoms with Gasteiger partial charge in [-0.2, -0.15) is 0 Å². The highest BCUT2D eigenvalue weighted by molar-refractivity contribution is 7.97. The van der Waals surface area contributed by atoms with E-state index < -0.39 is 41.2 Å². The molecule has 17 heteroatoms. The van der Waals surface area contributed by atoms with Crippen molar-refractivity contribution in [2.45, 2.75) is 102 Å². The number of piperidine rings is 4. The maximum absolute atomic E-state index is 15.6. The summed E-state index contributed by atoms with van der Waals surface area (Å²) < 4.78 is 50.6. The number of imide groups is 1. The number of carbonyl (C=O) groups excluding carboxylic acids is 4. The Hall–Kier alpha value is -5.00. The van der Waals surface area contributed by atoms with Crippen molar-refractivity contribution in [3.63, 3.8) is 0 Å². The van der Waals surface area contributed by atoms with E-state index in [1.807, 2.05) is 49.1 Å². The number of nitrogens with zero attached hydrogens (tertiary/aromatic N) is 7. The van der Waals surface area contributed by atoms with Crippen LogP contribution in [0.3, 0.4) is 0 Å². The van der Waals surface area contributed by atoms with Gasteiger partial charge in [-0.15, -0.1) is 0 Å². The molecule has 2 N–H and O–H groups in total. The third kappa shape index (κ3) is 10.6. The van der Waals surface area contributed by atoms with Gasteiger partial charge in [0.15, 0.2) is 12.1 Å². The van der Waals surface area contributed by atoms with Gasteiger partial charge in [0.05, 0.1) is 34.3 Å². The number of amides is 3.